The molecule has 0 spiro atoms. The van der Waals surface area contributed by atoms with E-state index in [-0.39, 0.29) is 17.9 Å². The predicted molar refractivity (Wildman–Crippen MR) is 124 cm³/mol. The number of fused-ring (bicyclic) bond motifs is 1. The Kier molecular flexibility index (Phi) is 6.37. The summed E-state index contributed by atoms with van der Waals surface area (Å²) in [5.74, 6) is 1.54. The number of morpholine rings is 1. The number of benzene rings is 1. The van der Waals surface area contributed by atoms with Gasteiger partial charge >= 0.3 is 0 Å². The molecule has 2 fully saturated rings. The van der Waals surface area contributed by atoms with Crippen molar-refractivity contribution in [3.05, 3.63) is 53.0 Å². The van der Waals surface area contributed by atoms with Crippen LogP contribution in [0.15, 0.2) is 30.3 Å². The van der Waals surface area contributed by atoms with Gasteiger partial charge in [-0.2, -0.15) is 0 Å². The largest absolute Gasteiger partial charge is 0.379 e. The van der Waals surface area contributed by atoms with Gasteiger partial charge in [-0.3, -0.25) is 19.4 Å². The van der Waals surface area contributed by atoms with Gasteiger partial charge in [0.25, 0.3) is 0 Å². The second kappa shape index (κ2) is 9.57. The smallest absolute Gasteiger partial charge is 0.237 e. The van der Waals surface area contributed by atoms with Crippen LogP contribution in [0, 0.1) is 6.92 Å². The molecular formula is C25H31N5O3. The van der Waals surface area contributed by atoms with Crippen molar-refractivity contribution in [2.75, 3.05) is 44.3 Å². The lowest BCUT2D eigenvalue weighted by molar-refractivity contribution is -0.137. The molecule has 1 aromatic carbocycles. The first-order valence-electron chi connectivity index (χ1n) is 11.9. The molecule has 0 aliphatic carbocycles. The normalized spacial score (nSPS) is 21.4. The summed E-state index contributed by atoms with van der Waals surface area (Å²) in [6.45, 7) is 6.50. The van der Waals surface area contributed by atoms with E-state index in [1.807, 2.05) is 42.2 Å². The van der Waals surface area contributed by atoms with Crippen LogP contribution in [0.3, 0.4) is 0 Å². The molecule has 1 aromatic heterocycles. The molecule has 8 nitrogen and oxygen atoms in total. The number of ether oxygens (including phenoxy) is 1. The van der Waals surface area contributed by atoms with Gasteiger partial charge in [-0.25, -0.2) is 9.97 Å². The number of carbonyl (C=O) groups excluding carboxylic acids is 2. The summed E-state index contributed by atoms with van der Waals surface area (Å²) in [6, 6.07) is 9.83. The van der Waals surface area contributed by atoms with Crippen molar-refractivity contribution in [3.8, 4) is 0 Å². The van der Waals surface area contributed by atoms with E-state index in [0.717, 1.165) is 55.7 Å². The molecule has 0 N–H and O–H groups in total. The molecule has 1 atom stereocenters. The average molecular weight is 450 g/mol. The Bertz CT molecular complexity index is 1020. The van der Waals surface area contributed by atoms with Gasteiger partial charge in [0.2, 0.25) is 11.8 Å². The zero-order valence-electron chi connectivity index (χ0n) is 19.2. The first kappa shape index (κ1) is 22.0. The third kappa shape index (κ3) is 4.63. The highest BCUT2D eigenvalue weighted by Crippen LogP contribution is 2.35. The minimum atomic E-state index is -0.148. The van der Waals surface area contributed by atoms with Gasteiger partial charge in [-0.1, -0.05) is 30.3 Å². The monoisotopic (exact) mass is 449 g/mol. The summed E-state index contributed by atoms with van der Waals surface area (Å²) < 4.78 is 5.42. The number of hydrogen-bond donors (Lipinski definition) is 0. The van der Waals surface area contributed by atoms with Crippen LogP contribution in [-0.4, -0.2) is 71.0 Å². The Labute approximate surface area is 194 Å². The maximum absolute atomic E-state index is 13.2. The molecule has 2 amide bonds. The first-order valence-corrected chi connectivity index (χ1v) is 11.9. The van der Waals surface area contributed by atoms with E-state index >= 15 is 0 Å². The average Bonchev–Trinajstić information content (AvgIpc) is 3.16. The second-order valence-electron chi connectivity index (χ2n) is 9.10. The Morgan fingerprint density at radius 1 is 1.09 bits per heavy atom. The fraction of sp³-hybridized carbons (Fsp3) is 0.520. The van der Waals surface area contributed by atoms with Crippen LogP contribution in [-0.2, 0) is 27.3 Å². The lowest BCUT2D eigenvalue weighted by Crippen LogP contribution is -2.47. The summed E-state index contributed by atoms with van der Waals surface area (Å²) in [7, 11) is 0. The molecule has 8 heteroatoms. The molecule has 2 saturated heterocycles. The number of amides is 2. The van der Waals surface area contributed by atoms with Crippen molar-refractivity contribution in [1.29, 1.82) is 0 Å². The van der Waals surface area contributed by atoms with Crippen LogP contribution in [0.2, 0.25) is 0 Å². The van der Waals surface area contributed by atoms with Gasteiger partial charge in [-0.05, 0) is 31.7 Å². The first-order chi connectivity index (χ1) is 16.1. The summed E-state index contributed by atoms with van der Waals surface area (Å²) in [5, 5.41) is 0. The van der Waals surface area contributed by atoms with E-state index < -0.39 is 0 Å². The molecule has 174 valence electrons. The van der Waals surface area contributed by atoms with E-state index in [1.54, 1.807) is 4.90 Å². The summed E-state index contributed by atoms with van der Waals surface area (Å²) in [4.78, 5) is 41.7. The minimum absolute atomic E-state index is 0.0484. The van der Waals surface area contributed by atoms with Gasteiger partial charge in [0.15, 0.2) is 5.82 Å². The summed E-state index contributed by atoms with van der Waals surface area (Å²) in [5.41, 5.74) is 2.81. The van der Waals surface area contributed by atoms with Crippen molar-refractivity contribution < 1.29 is 14.3 Å². The lowest BCUT2D eigenvalue weighted by atomic mass is 10.0. The molecule has 0 bridgehead atoms. The fourth-order valence-corrected chi connectivity index (χ4v) is 5.02. The highest BCUT2D eigenvalue weighted by molar-refractivity contribution is 6.00. The third-order valence-corrected chi connectivity index (χ3v) is 6.86. The standard InChI is InChI=1S/C25H31N5O3/c1-18-20-15-22(31)30(16-19-7-3-2-4-8-19)25(20)27-24(26-18)21-9-5-6-10-29(21)23(32)17-28-11-13-33-14-12-28/h2-4,7-8,21H,5-6,9-17H2,1H3/t21-/m1/s1. The van der Waals surface area contributed by atoms with Gasteiger partial charge < -0.3 is 9.64 Å². The molecule has 4 heterocycles. The molecule has 0 saturated carbocycles. The number of aryl methyl sites for hydroxylation is 1. The Balaban J connectivity index is 1.40. The van der Waals surface area contributed by atoms with E-state index in [1.165, 1.54) is 0 Å². The van der Waals surface area contributed by atoms with Crippen molar-refractivity contribution >= 4 is 17.6 Å². The number of anilines is 1. The van der Waals surface area contributed by atoms with E-state index in [0.29, 0.717) is 44.4 Å². The molecule has 0 radical (unpaired) electrons. The second-order valence-corrected chi connectivity index (χ2v) is 9.10. The predicted octanol–water partition coefficient (Wildman–Crippen LogP) is 2.26. The van der Waals surface area contributed by atoms with Crippen molar-refractivity contribution in [2.45, 2.75) is 45.2 Å². The van der Waals surface area contributed by atoms with Crippen LogP contribution in [0.4, 0.5) is 5.82 Å². The number of aromatic nitrogens is 2. The van der Waals surface area contributed by atoms with E-state index in [2.05, 4.69) is 4.90 Å². The Morgan fingerprint density at radius 2 is 1.88 bits per heavy atom. The van der Waals surface area contributed by atoms with Gasteiger partial charge in [0.1, 0.15) is 5.82 Å². The quantitative estimate of drug-likeness (QED) is 0.697. The van der Waals surface area contributed by atoms with Crippen LogP contribution in [0.25, 0.3) is 0 Å². The highest BCUT2D eigenvalue weighted by Gasteiger charge is 2.35. The van der Waals surface area contributed by atoms with E-state index in [9.17, 15) is 9.59 Å². The van der Waals surface area contributed by atoms with Crippen molar-refractivity contribution in [3.63, 3.8) is 0 Å². The SMILES string of the molecule is Cc1nc([C@H]2CCCCN2C(=O)CN2CCOCC2)nc2c1CC(=O)N2Cc1ccccc1. The fourth-order valence-electron chi connectivity index (χ4n) is 5.02. The molecule has 3 aliphatic heterocycles. The van der Waals surface area contributed by atoms with Crippen molar-refractivity contribution in [2.24, 2.45) is 0 Å². The molecule has 5 rings (SSSR count). The van der Waals surface area contributed by atoms with Crippen LogP contribution in [0.5, 0.6) is 0 Å². The van der Waals surface area contributed by atoms with Crippen LogP contribution < -0.4 is 4.90 Å². The maximum Gasteiger partial charge on any atom is 0.237 e. The van der Waals surface area contributed by atoms with Gasteiger partial charge in [0.05, 0.1) is 38.8 Å². The third-order valence-electron chi connectivity index (χ3n) is 6.86. The number of piperidine rings is 1. The van der Waals surface area contributed by atoms with Crippen LogP contribution in [0.1, 0.15) is 47.9 Å². The number of nitrogens with zero attached hydrogens (tertiary/aromatic N) is 5. The highest BCUT2D eigenvalue weighted by atomic mass is 16.5. The zero-order chi connectivity index (χ0) is 22.8. The number of rotatable bonds is 5. The minimum Gasteiger partial charge on any atom is -0.379 e. The van der Waals surface area contributed by atoms with Crippen molar-refractivity contribution in [1.82, 2.24) is 19.8 Å². The van der Waals surface area contributed by atoms with Crippen LogP contribution >= 0.6 is 0 Å². The molecule has 2 aromatic rings. The van der Waals surface area contributed by atoms with Gasteiger partial charge in [0, 0.05) is 30.9 Å². The molecule has 3 aliphatic rings. The number of likely N-dealkylation sites (tertiary alicyclic amines) is 1. The lowest BCUT2D eigenvalue weighted by Gasteiger charge is -2.37. The molecule has 0 unspecified atom stereocenters. The summed E-state index contributed by atoms with van der Waals surface area (Å²) >= 11 is 0. The zero-order valence-corrected chi connectivity index (χ0v) is 19.2. The van der Waals surface area contributed by atoms with E-state index in [4.69, 9.17) is 14.7 Å². The van der Waals surface area contributed by atoms with Gasteiger partial charge in [-0.15, -0.1) is 0 Å². The Hall–Kier alpha value is -2.84. The molecular weight excluding hydrogens is 418 g/mol. The number of carbonyl (C=O) groups is 2. The number of hydrogen-bond acceptors (Lipinski definition) is 6. The topological polar surface area (TPSA) is 78.9 Å². The maximum atomic E-state index is 13.2. The summed E-state index contributed by atoms with van der Waals surface area (Å²) in [6.07, 6.45) is 3.21. The molecule has 33 heavy (non-hydrogen) atoms. The Morgan fingerprint density at radius 3 is 2.67 bits per heavy atom.